The van der Waals surface area contributed by atoms with Crippen LogP contribution in [0.4, 0.5) is 0 Å². The van der Waals surface area contributed by atoms with Crippen molar-refractivity contribution in [3.05, 3.63) is 24.3 Å². The molecule has 5 heteroatoms. The number of hydrogen-bond donors (Lipinski definition) is 1. The Morgan fingerprint density at radius 3 is 1.34 bits per heavy atom. The van der Waals surface area contributed by atoms with Gasteiger partial charge in [-0.25, -0.2) is 0 Å². The maximum absolute atomic E-state index is 12.1. The number of ether oxygens (including phenoxy) is 2. The fraction of sp³-hybridized carbons (Fsp3) is 0.833. The average molecular weight is 579 g/mol. The van der Waals surface area contributed by atoms with Crippen molar-refractivity contribution in [3.8, 4) is 0 Å². The molecule has 1 N–H and O–H groups in total. The minimum Gasteiger partial charge on any atom is -0.462 e. The van der Waals surface area contributed by atoms with Gasteiger partial charge >= 0.3 is 11.9 Å². The lowest BCUT2D eigenvalue weighted by Crippen LogP contribution is -2.28. The van der Waals surface area contributed by atoms with Gasteiger partial charge in [-0.1, -0.05) is 122 Å². The predicted molar refractivity (Wildman–Crippen MR) is 173 cm³/mol. The number of aliphatic hydroxyl groups excluding tert-OH is 1. The van der Waals surface area contributed by atoms with Gasteiger partial charge < -0.3 is 14.6 Å². The molecule has 0 spiro atoms. The van der Waals surface area contributed by atoms with E-state index >= 15 is 0 Å². The van der Waals surface area contributed by atoms with Crippen molar-refractivity contribution in [1.29, 1.82) is 0 Å². The van der Waals surface area contributed by atoms with E-state index < -0.39 is 6.10 Å². The lowest BCUT2D eigenvalue weighted by atomic mass is 10.1. The summed E-state index contributed by atoms with van der Waals surface area (Å²) in [6.07, 6.45) is 36.5. The molecule has 1 unspecified atom stereocenters. The molecule has 0 bridgehead atoms. The highest BCUT2D eigenvalue weighted by atomic mass is 16.6. The van der Waals surface area contributed by atoms with E-state index in [1.807, 2.05) is 0 Å². The number of esters is 2. The van der Waals surface area contributed by atoms with Crippen molar-refractivity contribution < 1.29 is 24.2 Å². The lowest BCUT2D eigenvalue weighted by molar-refractivity contribution is -0.161. The van der Waals surface area contributed by atoms with Crippen LogP contribution in [0, 0.1) is 0 Å². The Balaban J connectivity index is 3.60. The summed E-state index contributed by atoms with van der Waals surface area (Å²) in [7, 11) is 0. The molecule has 0 fully saturated rings. The second kappa shape index (κ2) is 32.9. The number of carbonyl (C=O) groups is 2. The molecule has 0 rings (SSSR count). The molecule has 0 saturated heterocycles. The fourth-order valence-electron chi connectivity index (χ4n) is 4.78. The quantitative estimate of drug-likeness (QED) is 0.0503. The molecule has 0 amide bonds. The maximum atomic E-state index is 12.1. The van der Waals surface area contributed by atoms with Crippen molar-refractivity contribution in [1.82, 2.24) is 0 Å². The molecule has 0 aromatic carbocycles. The third-order valence-corrected chi connectivity index (χ3v) is 7.47. The molecule has 41 heavy (non-hydrogen) atoms. The summed E-state index contributed by atoms with van der Waals surface area (Å²) in [4.78, 5) is 24.1. The van der Waals surface area contributed by atoms with Crippen molar-refractivity contribution in [2.75, 3.05) is 13.2 Å². The highest BCUT2D eigenvalue weighted by Crippen LogP contribution is 2.12. The highest BCUT2D eigenvalue weighted by molar-refractivity contribution is 5.70. The van der Waals surface area contributed by atoms with E-state index in [0.29, 0.717) is 12.8 Å². The van der Waals surface area contributed by atoms with E-state index in [2.05, 4.69) is 38.2 Å². The molecular formula is C36H66O5. The number of hydrogen-bond acceptors (Lipinski definition) is 5. The molecule has 0 saturated carbocycles. The van der Waals surface area contributed by atoms with Gasteiger partial charge in [0.2, 0.25) is 0 Å². The Hall–Kier alpha value is -1.62. The summed E-state index contributed by atoms with van der Waals surface area (Å²) in [5.41, 5.74) is 0. The Kier molecular flexibility index (Phi) is 31.6. The Bertz CT molecular complexity index is 627. The van der Waals surface area contributed by atoms with Crippen LogP contribution in [0.15, 0.2) is 24.3 Å². The smallest absolute Gasteiger partial charge is 0.306 e. The third kappa shape index (κ3) is 31.2. The van der Waals surface area contributed by atoms with E-state index in [1.165, 1.54) is 96.3 Å². The van der Waals surface area contributed by atoms with Gasteiger partial charge in [-0.15, -0.1) is 0 Å². The number of carbonyl (C=O) groups excluding carboxylic acids is 2. The third-order valence-electron chi connectivity index (χ3n) is 7.47. The van der Waals surface area contributed by atoms with Crippen LogP contribution in [0.2, 0.25) is 0 Å². The normalized spacial score (nSPS) is 12.4. The first-order valence-electron chi connectivity index (χ1n) is 17.4. The lowest BCUT2D eigenvalue weighted by Gasteiger charge is -2.15. The van der Waals surface area contributed by atoms with Crippen molar-refractivity contribution >= 4 is 11.9 Å². The first kappa shape index (κ1) is 39.4. The molecular weight excluding hydrogens is 512 g/mol. The average Bonchev–Trinajstić information content (AvgIpc) is 2.97. The molecule has 0 aliphatic carbocycles. The summed E-state index contributed by atoms with van der Waals surface area (Å²) in [5, 5.41) is 9.50. The molecule has 240 valence electrons. The first-order chi connectivity index (χ1) is 20.1. The fourth-order valence-corrected chi connectivity index (χ4v) is 4.78. The molecule has 5 nitrogen and oxygen atoms in total. The van der Waals surface area contributed by atoms with Gasteiger partial charge in [0.05, 0.1) is 6.61 Å². The molecule has 0 aromatic rings. The molecule has 0 aliphatic rings. The summed E-state index contributed by atoms with van der Waals surface area (Å²) in [6.45, 7) is 4.09. The monoisotopic (exact) mass is 578 g/mol. The highest BCUT2D eigenvalue weighted by Gasteiger charge is 2.16. The minimum atomic E-state index is -0.774. The van der Waals surface area contributed by atoms with Crippen LogP contribution in [0.3, 0.4) is 0 Å². The second-order valence-electron chi connectivity index (χ2n) is 11.6. The molecule has 1 atom stereocenters. The molecule has 0 aromatic heterocycles. The van der Waals surface area contributed by atoms with Gasteiger partial charge in [0.25, 0.3) is 0 Å². The van der Waals surface area contributed by atoms with Gasteiger partial charge in [-0.2, -0.15) is 0 Å². The second-order valence-corrected chi connectivity index (χ2v) is 11.6. The first-order valence-corrected chi connectivity index (χ1v) is 17.4. The van der Waals surface area contributed by atoms with Crippen LogP contribution in [-0.2, 0) is 19.1 Å². The Labute approximate surface area is 253 Å². The van der Waals surface area contributed by atoms with Crippen molar-refractivity contribution in [2.45, 2.75) is 180 Å². The van der Waals surface area contributed by atoms with E-state index in [9.17, 15) is 14.7 Å². The van der Waals surface area contributed by atoms with Gasteiger partial charge in [0.1, 0.15) is 6.61 Å². The van der Waals surface area contributed by atoms with Crippen molar-refractivity contribution in [2.24, 2.45) is 0 Å². The van der Waals surface area contributed by atoms with E-state index in [0.717, 1.165) is 51.4 Å². The van der Waals surface area contributed by atoms with E-state index in [4.69, 9.17) is 9.47 Å². The minimum absolute atomic E-state index is 0.0713. The van der Waals surface area contributed by atoms with Crippen molar-refractivity contribution in [3.63, 3.8) is 0 Å². The van der Waals surface area contributed by atoms with Crippen LogP contribution in [0.1, 0.15) is 174 Å². The molecule has 0 aliphatic heterocycles. The molecule has 0 radical (unpaired) electrons. The molecule has 0 heterocycles. The van der Waals surface area contributed by atoms with Gasteiger partial charge in [-0.3, -0.25) is 9.59 Å². The summed E-state index contributed by atoms with van der Waals surface area (Å²) in [6, 6.07) is 0. The summed E-state index contributed by atoms with van der Waals surface area (Å²) in [5.74, 6) is -0.611. The zero-order valence-corrected chi connectivity index (χ0v) is 27.1. The van der Waals surface area contributed by atoms with Gasteiger partial charge in [0.15, 0.2) is 6.10 Å². The zero-order valence-electron chi connectivity index (χ0n) is 27.1. The zero-order chi connectivity index (χ0) is 30.1. The predicted octanol–water partition coefficient (Wildman–Crippen LogP) is 10.3. The topological polar surface area (TPSA) is 72.8 Å². The number of aliphatic hydroxyl groups is 1. The summed E-state index contributed by atoms with van der Waals surface area (Å²) < 4.78 is 10.5. The van der Waals surface area contributed by atoms with Crippen LogP contribution in [0.25, 0.3) is 0 Å². The van der Waals surface area contributed by atoms with Crippen LogP contribution < -0.4 is 0 Å². The maximum Gasteiger partial charge on any atom is 0.306 e. The van der Waals surface area contributed by atoms with E-state index in [-0.39, 0.29) is 25.2 Å². The standard InChI is InChI=1S/C36H66O5/c1-3-5-7-9-11-13-15-17-19-21-23-25-27-29-31-36(39)41-34(32-37)33-40-35(38)30-28-26-24-22-20-18-16-14-12-10-8-6-4-2/h14-17,34,37H,3-13,18-33H2,1-2H3/b16-14-,17-15-. The van der Waals surface area contributed by atoms with E-state index in [1.54, 1.807) is 0 Å². The SMILES string of the molecule is CCCCCC/C=C\CCCCCCCC(=O)OCC(CO)OC(=O)CCCCCCC/C=C\CCCCCCC. The number of unbranched alkanes of at least 4 members (excludes halogenated alkanes) is 19. The largest absolute Gasteiger partial charge is 0.462 e. The van der Waals surface area contributed by atoms with Crippen LogP contribution in [-0.4, -0.2) is 36.4 Å². The van der Waals surface area contributed by atoms with Crippen LogP contribution in [0.5, 0.6) is 0 Å². The van der Waals surface area contributed by atoms with Gasteiger partial charge in [-0.05, 0) is 64.2 Å². The Morgan fingerprint density at radius 2 is 0.902 bits per heavy atom. The van der Waals surface area contributed by atoms with Crippen LogP contribution >= 0.6 is 0 Å². The number of rotatable bonds is 31. The van der Waals surface area contributed by atoms with Gasteiger partial charge in [0, 0.05) is 12.8 Å². The Morgan fingerprint density at radius 1 is 0.537 bits per heavy atom. The summed E-state index contributed by atoms with van der Waals surface area (Å²) >= 11 is 0. The number of allylic oxidation sites excluding steroid dienone is 4.